The third-order valence-corrected chi connectivity index (χ3v) is 6.13. The van der Waals surface area contributed by atoms with E-state index in [2.05, 4.69) is 15.9 Å². The van der Waals surface area contributed by atoms with Crippen molar-refractivity contribution in [3.05, 3.63) is 85.4 Å². The van der Waals surface area contributed by atoms with Crippen molar-refractivity contribution in [1.82, 2.24) is 4.90 Å². The lowest BCUT2D eigenvalue weighted by molar-refractivity contribution is -0.384. The molecule has 0 bridgehead atoms. The van der Waals surface area contributed by atoms with Gasteiger partial charge in [0.2, 0.25) is 0 Å². The molecule has 1 fully saturated rings. The molecule has 0 radical (unpaired) electrons. The Morgan fingerprint density at radius 3 is 2.59 bits per heavy atom. The zero-order chi connectivity index (χ0) is 22.8. The number of imide groups is 1. The zero-order valence-corrected chi connectivity index (χ0v) is 19.0. The predicted octanol–water partition coefficient (Wildman–Crippen LogP) is 5.86. The minimum absolute atomic E-state index is 0.100. The molecular weight excluding hydrogens is 500 g/mol. The molecule has 0 spiro atoms. The van der Waals surface area contributed by atoms with Crippen molar-refractivity contribution in [2.24, 2.45) is 0 Å². The van der Waals surface area contributed by atoms with Crippen LogP contribution in [0.1, 0.15) is 11.3 Å². The molecule has 1 aliphatic heterocycles. The second-order valence-electron chi connectivity index (χ2n) is 6.74. The molecule has 10 heteroatoms. The van der Waals surface area contributed by atoms with E-state index in [0.717, 1.165) is 21.8 Å². The summed E-state index contributed by atoms with van der Waals surface area (Å²) >= 11 is 4.20. The Labute approximate surface area is 195 Å². The Morgan fingerprint density at radius 1 is 1.16 bits per heavy atom. The summed E-state index contributed by atoms with van der Waals surface area (Å²) in [7, 11) is 1.41. The first-order valence-corrected chi connectivity index (χ1v) is 10.9. The molecular formula is C22H15BrN2O6S. The number of furan rings is 1. The lowest BCUT2D eigenvalue weighted by Gasteiger charge is -2.12. The molecule has 0 N–H and O–H groups in total. The maximum absolute atomic E-state index is 12.8. The van der Waals surface area contributed by atoms with E-state index in [9.17, 15) is 19.7 Å². The van der Waals surface area contributed by atoms with Gasteiger partial charge in [0.15, 0.2) is 0 Å². The summed E-state index contributed by atoms with van der Waals surface area (Å²) in [6.07, 6.45) is 1.51. The molecule has 4 rings (SSSR count). The number of nitro groups is 1. The van der Waals surface area contributed by atoms with Gasteiger partial charge in [-0.05, 0) is 47.7 Å². The first-order chi connectivity index (χ1) is 15.4. The van der Waals surface area contributed by atoms with Crippen LogP contribution in [0.4, 0.5) is 10.5 Å². The monoisotopic (exact) mass is 514 g/mol. The number of carbonyl (C=O) groups excluding carboxylic acids is 2. The smallest absolute Gasteiger partial charge is 0.293 e. The maximum atomic E-state index is 12.8. The lowest BCUT2D eigenvalue weighted by atomic mass is 10.1. The highest BCUT2D eigenvalue weighted by Crippen LogP contribution is 2.37. The molecule has 0 atom stereocenters. The van der Waals surface area contributed by atoms with Crippen LogP contribution in [-0.2, 0) is 11.3 Å². The second kappa shape index (κ2) is 9.01. The highest BCUT2D eigenvalue weighted by atomic mass is 79.9. The van der Waals surface area contributed by atoms with E-state index in [1.54, 1.807) is 12.1 Å². The Morgan fingerprint density at radius 2 is 1.91 bits per heavy atom. The van der Waals surface area contributed by atoms with Crippen LogP contribution in [0.2, 0.25) is 0 Å². The number of methoxy groups -OCH3 is 1. The number of ether oxygens (including phenoxy) is 1. The van der Waals surface area contributed by atoms with Crippen molar-refractivity contribution in [2.75, 3.05) is 7.11 Å². The Kier molecular flexibility index (Phi) is 6.15. The summed E-state index contributed by atoms with van der Waals surface area (Å²) < 4.78 is 12.0. The fourth-order valence-corrected chi connectivity index (χ4v) is 4.19. The third-order valence-electron chi connectivity index (χ3n) is 4.69. The molecule has 1 aliphatic rings. The van der Waals surface area contributed by atoms with E-state index in [0.29, 0.717) is 17.1 Å². The third kappa shape index (κ3) is 4.46. The van der Waals surface area contributed by atoms with Gasteiger partial charge in [-0.2, -0.15) is 0 Å². The molecule has 1 aromatic heterocycles. The highest BCUT2D eigenvalue weighted by molar-refractivity contribution is 9.10. The van der Waals surface area contributed by atoms with Crippen LogP contribution in [0.25, 0.3) is 17.4 Å². The van der Waals surface area contributed by atoms with Crippen LogP contribution in [-0.4, -0.2) is 28.1 Å². The van der Waals surface area contributed by atoms with Gasteiger partial charge in [-0.25, -0.2) is 0 Å². The first-order valence-electron chi connectivity index (χ1n) is 9.28. The average molecular weight is 515 g/mol. The summed E-state index contributed by atoms with van der Waals surface area (Å²) in [6.45, 7) is 0.179. The van der Waals surface area contributed by atoms with Crippen LogP contribution < -0.4 is 4.74 Å². The second-order valence-corrected chi connectivity index (χ2v) is 8.65. The SMILES string of the molecule is COc1cc([N+](=O)[O-])ccc1-c1ccc(/C=C2\SC(=O)N(Cc3ccc(Br)cc3)C2=O)o1. The first kappa shape index (κ1) is 21.8. The summed E-state index contributed by atoms with van der Waals surface area (Å²) in [4.78, 5) is 37.0. The number of halogens is 1. The van der Waals surface area contributed by atoms with Gasteiger partial charge in [-0.3, -0.25) is 24.6 Å². The number of rotatable bonds is 6. The standard InChI is InChI=1S/C22H15BrN2O6S/c1-30-19-10-15(25(28)29)6-8-17(19)18-9-7-16(31-18)11-20-21(26)24(22(27)32-20)12-13-2-4-14(23)5-3-13/h2-11H,12H2,1H3/b20-11-. The van der Waals surface area contributed by atoms with Gasteiger partial charge < -0.3 is 9.15 Å². The van der Waals surface area contributed by atoms with Crippen LogP contribution in [0, 0.1) is 10.1 Å². The van der Waals surface area contributed by atoms with Crippen LogP contribution in [0.5, 0.6) is 5.75 Å². The number of thioether (sulfide) groups is 1. The molecule has 162 valence electrons. The lowest BCUT2D eigenvalue weighted by Crippen LogP contribution is -2.27. The molecule has 8 nitrogen and oxygen atoms in total. The van der Waals surface area contributed by atoms with Crippen molar-refractivity contribution in [3.63, 3.8) is 0 Å². The molecule has 3 aromatic rings. The number of hydrogen-bond acceptors (Lipinski definition) is 7. The van der Waals surface area contributed by atoms with Crippen molar-refractivity contribution < 1.29 is 23.7 Å². The number of amides is 2. The topological polar surface area (TPSA) is 103 Å². The Hall–Kier alpha value is -3.37. The van der Waals surface area contributed by atoms with Crippen molar-refractivity contribution in [2.45, 2.75) is 6.54 Å². The van der Waals surface area contributed by atoms with E-state index in [4.69, 9.17) is 9.15 Å². The largest absolute Gasteiger partial charge is 0.496 e. The quantitative estimate of drug-likeness (QED) is 0.230. The van der Waals surface area contributed by atoms with Crippen molar-refractivity contribution in [1.29, 1.82) is 0 Å². The van der Waals surface area contributed by atoms with Gasteiger partial charge in [0.25, 0.3) is 16.8 Å². The number of benzene rings is 2. The van der Waals surface area contributed by atoms with E-state index in [-0.39, 0.29) is 28.1 Å². The van der Waals surface area contributed by atoms with E-state index in [1.807, 2.05) is 24.3 Å². The summed E-state index contributed by atoms with van der Waals surface area (Å²) in [5.74, 6) is 0.676. The fraction of sp³-hybridized carbons (Fsp3) is 0.0909. The predicted molar refractivity (Wildman–Crippen MR) is 123 cm³/mol. The van der Waals surface area contributed by atoms with Gasteiger partial charge in [0, 0.05) is 16.6 Å². The molecule has 2 heterocycles. The average Bonchev–Trinajstić information content (AvgIpc) is 3.34. The normalized spacial score (nSPS) is 14.9. The zero-order valence-electron chi connectivity index (χ0n) is 16.6. The van der Waals surface area contributed by atoms with Gasteiger partial charge in [-0.15, -0.1) is 0 Å². The van der Waals surface area contributed by atoms with E-state index < -0.39 is 10.8 Å². The summed E-state index contributed by atoms with van der Waals surface area (Å²) in [5, 5.41) is 10.6. The van der Waals surface area contributed by atoms with Crippen LogP contribution in [0.3, 0.4) is 0 Å². The minimum atomic E-state index is -0.510. The number of hydrogen-bond donors (Lipinski definition) is 0. The summed E-state index contributed by atoms with van der Waals surface area (Å²) in [6, 6.07) is 14.9. The molecule has 0 unspecified atom stereocenters. The van der Waals surface area contributed by atoms with E-state index >= 15 is 0 Å². The highest BCUT2D eigenvalue weighted by Gasteiger charge is 2.35. The number of carbonyl (C=O) groups is 2. The van der Waals surface area contributed by atoms with Crippen LogP contribution >= 0.6 is 27.7 Å². The fourth-order valence-electron chi connectivity index (χ4n) is 3.11. The minimum Gasteiger partial charge on any atom is -0.496 e. The van der Waals surface area contributed by atoms with Crippen molar-refractivity contribution in [3.8, 4) is 17.1 Å². The van der Waals surface area contributed by atoms with Gasteiger partial charge in [0.05, 0.1) is 35.1 Å². The molecule has 32 heavy (non-hydrogen) atoms. The number of nitro benzene ring substituents is 1. The molecule has 1 saturated heterocycles. The Balaban J connectivity index is 1.55. The van der Waals surface area contributed by atoms with Crippen molar-refractivity contribution >= 4 is 50.6 Å². The van der Waals surface area contributed by atoms with Crippen LogP contribution in [0.15, 0.2) is 68.4 Å². The molecule has 2 aromatic carbocycles. The molecule has 0 aliphatic carbocycles. The molecule has 2 amide bonds. The Bertz CT molecular complexity index is 1250. The summed E-state index contributed by atoms with van der Waals surface area (Å²) in [5.41, 5.74) is 1.26. The molecule has 0 saturated carbocycles. The van der Waals surface area contributed by atoms with Gasteiger partial charge in [-0.1, -0.05) is 28.1 Å². The number of non-ortho nitro benzene ring substituents is 1. The maximum Gasteiger partial charge on any atom is 0.293 e. The number of nitrogens with zero attached hydrogens (tertiary/aromatic N) is 2. The van der Waals surface area contributed by atoms with Gasteiger partial charge in [0.1, 0.15) is 17.3 Å². The van der Waals surface area contributed by atoms with Gasteiger partial charge >= 0.3 is 0 Å². The van der Waals surface area contributed by atoms with E-state index in [1.165, 1.54) is 36.3 Å².